The number of Topliss-reactive ketones (excluding diaryl/α,β-unsaturated/α-hetero) is 1. The predicted octanol–water partition coefficient (Wildman–Crippen LogP) is 3.32. The standard InChI is InChI=1S/C12H15N3OS3/c1-8(16)9(2)18-12-15-14-11(19-12)13-6-5-10-4-3-7-17-10/h3-4,7,9H,5-6H2,1-2H3,(H,13,14). The Bertz CT molecular complexity index is 524. The third-order valence-electron chi connectivity index (χ3n) is 2.48. The van der Waals surface area contributed by atoms with E-state index in [9.17, 15) is 4.79 Å². The van der Waals surface area contributed by atoms with Crippen molar-refractivity contribution in [1.29, 1.82) is 0 Å². The molecular formula is C12H15N3OS3. The zero-order chi connectivity index (χ0) is 13.7. The van der Waals surface area contributed by atoms with Crippen LogP contribution in [-0.2, 0) is 11.2 Å². The number of carbonyl (C=O) groups is 1. The topological polar surface area (TPSA) is 54.9 Å². The highest BCUT2D eigenvalue weighted by Crippen LogP contribution is 2.29. The number of hydrogen-bond acceptors (Lipinski definition) is 7. The van der Waals surface area contributed by atoms with Crippen LogP contribution in [0.5, 0.6) is 0 Å². The molecule has 0 saturated heterocycles. The Morgan fingerprint density at radius 2 is 2.37 bits per heavy atom. The molecule has 0 amide bonds. The molecule has 102 valence electrons. The lowest BCUT2D eigenvalue weighted by Gasteiger charge is -2.02. The van der Waals surface area contributed by atoms with Crippen molar-refractivity contribution in [2.75, 3.05) is 11.9 Å². The Balaban J connectivity index is 1.79. The summed E-state index contributed by atoms with van der Waals surface area (Å²) in [5.74, 6) is 0.160. The quantitative estimate of drug-likeness (QED) is 0.795. The second-order valence-electron chi connectivity index (χ2n) is 4.00. The molecule has 1 N–H and O–H groups in total. The number of nitrogens with zero attached hydrogens (tertiary/aromatic N) is 2. The van der Waals surface area contributed by atoms with Gasteiger partial charge in [-0.3, -0.25) is 4.79 Å². The first-order chi connectivity index (χ1) is 9.15. The van der Waals surface area contributed by atoms with Crippen molar-refractivity contribution in [3.05, 3.63) is 22.4 Å². The van der Waals surface area contributed by atoms with Crippen molar-refractivity contribution in [3.8, 4) is 0 Å². The lowest BCUT2D eigenvalue weighted by molar-refractivity contribution is -0.116. The van der Waals surface area contributed by atoms with E-state index in [4.69, 9.17) is 0 Å². The van der Waals surface area contributed by atoms with Crippen molar-refractivity contribution in [3.63, 3.8) is 0 Å². The van der Waals surface area contributed by atoms with Crippen LogP contribution in [0.3, 0.4) is 0 Å². The number of rotatable bonds is 7. The first kappa shape index (κ1) is 14.5. The summed E-state index contributed by atoms with van der Waals surface area (Å²) in [4.78, 5) is 12.5. The van der Waals surface area contributed by atoms with Crippen molar-refractivity contribution >= 4 is 45.4 Å². The minimum absolute atomic E-state index is 0.0630. The van der Waals surface area contributed by atoms with E-state index in [1.54, 1.807) is 18.3 Å². The zero-order valence-corrected chi connectivity index (χ0v) is 13.2. The summed E-state index contributed by atoms with van der Waals surface area (Å²) in [5, 5.41) is 14.2. The van der Waals surface area contributed by atoms with Crippen LogP contribution < -0.4 is 5.32 Å². The van der Waals surface area contributed by atoms with E-state index in [1.165, 1.54) is 28.0 Å². The summed E-state index contributed by atoms with van der Waals surface area (Å²) < 4.78 is 0.835. The molecule has 1 atom stereocenters. The molecule has 19 heavy (non-hydrogen) atoms. The van der Waals surface area contributed by atoms with Gasteiger partial charge in [0.15, 0.2) is 4.34 Å². The van der Waals surface area contributed by atoms with Gasteiger partial charge >= 0.3 is 0 Å². The first-order valence-electron chi connectivity index (χ1n) is 5.92. The summed E-state index contributed by atoms with van der Waals surface area (Å²) in [6.45, 7) is 4.33. The fraction of sp³-hybridized carbons (Fsp3) is 0.417. The highest BCUT2D eigenvalue weighted by atomic mass is 32.2. The Kier molecular flexibility index (Phi) is 5.35. The van der Waals surface area contributed by atoms with Crippen molar-refractivity contribution < 1.29 is 4.79 Å². The fourth-order valence-corrected chi connectivity index (χ4v) is 3.94. The summed E-state index contributed by atoms with van der Waals surface area (Å²) >= 11 is 4.72. The van der Waals surface area contributed by atoms with Gasteiger partial charge in [0.05, 0.1) is 5.25 Å². The monoisotopic (exact) mass is 313 g/mol. The van der Waals surface area contributed by atoms with Gasteiger partial charge in [0.1, 0.15) is 5.78 Å². The van der Waals surface area contributed by atoms with Gasteiger partial charge < -0.3 is 5.32 Å². The maximum absolute atomic E-state index is 11.2. The molecule has 2 aromatic rings. The number of thiophene rings is 1. The Labute approximate surface area is 124 Å². The van der Waals surface area contributed by atoms with Gasteiger partial charge in [-0.1, -0.05) is 29.2 Å². The van der Waals surface area contributed by atoms with Gasteiger partial charge in [-0.15, -0.1) is 21.5 Å². The predicted molar refractivity (Wildman–Crippen MR) is 82.4 cm³/mol. The molecule has 1 unspecified atom stereocenters. The van der Waals surface area contributed by atoms with Crippen LogP contribution in [0, 0.1) is 0 Å². The Morgan fingerprint density at radius 1 is 1.53 bits per heavy atom. The van der Waals surface area contributed by atoms with Crippen LogP contribution in [-0.4, -0.2) is 27.8 Å². The molecule has 2 aromatic heterocycles. The Morgan fingerprint density at radius 3 is 3.05 bits per heavy atom. The minimum Gasteiger partial charge on any atom is -0.360 e. The van der Waals surface area contributed by atoms with Crippen LogP contribution in [0.1, 0.15) is 18.7 Å². The van der Waals surface area contributed by atoms with E-state index in [0.29, 0.717) is 0 Å². The van der Waals surface area contributed by atoms with Crippen molar-refractivity contribution in [1.82, 2.24) is 10.2 Å². The van der Waals surface area contributed by atoms with Gasteiger partial charge in [-0.05, 0) is 31.7 Å². The molecule has 0 fully saturated rings. The third kappa shape index (κ3) is 4.59. The number of carbonyl (C=O) groups excluding carboxylic acids is 1. The molecule has 7 heteroatoms. The first-order valence-corrected chi connectivity index (χ1v) is 8.49. The molecule has 4 nitrogen and oxygen atoms in total. The zero-order valence-electron chi connectivity index (χ0n) is 10.8. The van der Waals surface area contributed by atoms with Crippen molar-refractivity contribution in [2.45, 2.75) is 29.9 Å². The van der Waals surface area contributed by atoms with Crippen LogP contribution >= 0.6 is 34.4 Å². The lowest BCUT2D eigenvalue weighted by atomic mass is 10.3. The fourth-order valence-electron chi connectivity index (χ4n) is 1.31. The number of ketones is 1. The second-order valence-corrected chi connectivity index (χ2v) is 7.60. The average molecular weight is 313 g/mol. The maximum atomic E-state index is 11.2. The molecule has 0 aliphatic heterocycles. The highest BCUT2D eigenvalue weighted by molar-refractivity contribution is 8.02. The van der Waals surface area contributed by atoms with Crippen LogP contribution in [0.25, 0.3) is 0 Å². The average Bonchev–Trinajstić information content (AvgIpc) is 3.01. The number of nitrogens with one attached hydrogen (secondary N) is 1. The smallest absolute Gasteiger partial charge is 0.206 e. The highest BCUT2D eigenvalue weighted by Gasteiger charge is 2.13. The molecule has 2 heterocycles. The molecule has 0 aliphatic rings. The minimum atomic E-state index is -0.0630. The van der Waals surface area contributed by atoms with E-state index >= 15 is 0 Å². The van der Waals surface area contributed by atoms with Crippen LogP contribution in [0.2, 0.25) is 0 Å². The molecule has 0 aliphatic carbocycles. The SMILES string of the molecule is CC(=O)C(C)Sc1nnc(NCCc2cccs2)s1. The molecule has 0 bridgehead atoms. The van der Waals surface area contributed by atoms with Gasteiger partial charge in [0, 0.05) is 11.4 Å². The molecule has 0 saturated carbocycles. The van der Waals surface area contributed by atoms with E-state index in [1.807, 2.05) is 6.92 Å². The Hall–Kier alpha value is -0.920. The van der Waals surface area contributed by atoms with Crippen LogP contribution in [0.4, 0.5) is 5.13 Å². The summed E-state index contributed by atoms with van der Waals surface area (Å²) in [7, 11) is 0. The van der Waals surface area contributed by atoms with E-state index in [0.717, 1.165) is 22.4 Å². The van der Waals surface area contributed by atoms with Crippen LogP contribution in [0.15, 0.2) is 21.9 Å². The molecule has 0 radical (unpaired) electrons. The molecule has 0 spiro atoms. The number of anilines is 1. The van der Waals surface area contributed by atoms with E-state index < -0.39 is 0 Å². The van der Waals surface area contributed by atoms with Crippen molar-refractivity contribution in [2.24, 2.45) is 0 Å². The number of aromatic nitrogens is 2. The van der Waals surface area contributed by atoms with Gasteiger partial charge in [-0.2, -0.15) is 0 Å². The van der Waals surface area contributed by atoms with Gasteiger partial charge in [0.25, 0.3) is 0 Å². The molecule has 0 aromatic carbocycles. The van der Waals surface area contributed by atoms with E-state index in [2.05, 4.69) is 33.0 Å². The third-order valence-corrected chi connectivity index (χ3v) is 5.60. The summed E-state index contributed by atoms with van der Waals surface area (Å²) in [6.07, 6.45) is 0.990. The van der Waals surface area contributed by atoms with Gasteiger partial charge in [-0.25, -0.2) is 0 Å². The summed E-state index contributed by atoms with van der Waals surface area (Å²) in [5.41, 5.74) is 0. The normalized spacial score (nSPS) is 12.3. The van der Waals surface area contributed by atoms with Gasteiger partial charge in [0.2, 0.25) is 5.13 Å². The largest absolute Gasteiger partial charge is 0.360 e. The second kappa shape index (κ2) is 7.02. The number of thioether (sulfide) groups is 1. The lowest BCUT2D eigenvalue weighted by Crippen LogP contribution is -2.07. The summed E-state index contributed by atoms with van der Waals surface area (Å²) in [6, 6.07) is 4.19. The molecular weight excluding hydrogens is 298 g/mol. The number of hydrogen-bond donors (Lipinski definition) is 1. The van der Waals surface area contributed by atoms with E-state index in [-0.39, 0.29) is 11.0 Å². The maximum Gasteiger partial charge on any atom is 0.206 e. The molecule has 2 rings (SSSR count).